The third kappa shape index (κ3) is 3.65. The molecule has 1 amide bonds. The number of nitrogens with one attached hydrogen (secondary N) is 1. The maximum atomic E-state index is 11.9. The maximum absolute atomic E-state index is 11.9. The SMILES string of the molecule is CCC(C)C(N)C(=O)NCCCn1c(C)nc2ccccc21. The third-order valence-electron chi connectivity index (χ3n) is 4.26. The van der Waals surface area contributed by atoms with E-state index in [1.54, 1.807) is 0 Å². The normalized spacial score (nSPS) is 14.0. The molecule has 2 atom stereocenters. The summed E-state index contributed by atoms with van der Waals surface area (Å²) in [5.41, 5.74) is 8.08. The Morgan fingerprint density at radius 3 is 2.86 bits per heavy atom. The average Bonchev–Trinajstić information content (AvgIpc) is 2.85. The van der Waals surface area contributed by atoms with E-state index in [1.807, 2.05) is 39.0 Å². The second-order valence-corrected chi connectivity index (χ2v) is 5.86. The fraction of sp³-hybridized carbons (Fsp3) is 0.529. The van der Waals surface area contributed by atoms with Gasteiger partial charge in [-0.3, -0.25) is 4.79 Å². The lowest BCUT2D eigenvalue weighted by atomic mass is 9.99. The molecule has 0 spiro atoms. The number of nitrogens with zero attached hydrogens (tertiary/aromatic N) is 2. The Bertz CT molecular complexity index is 635. The van der Waals surface area contributed by atoms with Crippen molar-refractivity contribution in [1.82, 2.24) is 14.9 Å². The summed E-state index contributed by atoms with van der Waals surface area (Å²) in [5, 5.41) is 2.93. The van der Waals surface area contributed by atoms with E-state index >= 15 is 0 Å². The fourth-order valence-electron chi connectivity index (χ4n) is 2.56. The smallest absolute Gasteiger partial charge is 0.237 e. The molecule has 2 aromatic rings. The van der Waals surface area contributed by atoms with Gasteiger partial charge in [-0.15, -0.1) is 0 Å². The van der Waals surface area contributed by atoms with Crippen LogP contribution in [0.25, 0.3) is 11.0 Å². The number of aryl methyl sites for hydroxylation is 2. The molecule has 1 aromatic heterocycles. The Morgan fingerprint density at radius 1 is 1.41 bits per heavy atom. The fourth-order valence-corrected chi connectivity index (χ4v) is 2.56. The van der Waals surface area contributed by atoms with Crippen molar-refractivity contribution in [2.45, 2.75) is 46.2 Å². The van der Waals surface area contributed by atoms with Crippen LogP contribution in [0.4, 0.5) is 0 Å². The van der Waals surface area contributed by atoms with Gasteiger partial charge in [-0.25, -0.2) is 4.98 Å². The van der Waals surface area contributed by atoms with Crippen LogP contribution in [0.3, 0.4) is 0 Å². The van der Waals surface area contributed by atoms with E-state index < -0.39 is 6.04 Å². The van der Waals surface area contributed by atoms with Crippen LogP contribution in [0.2, 0.25) is 0 Å². The van der Waals surface area contributed by atoms with E-state index in [1.165, 1.54) is 0 Å². The molecule has 5 nitrogen and oxygen atoms in total. The first-order chi connectivity index (χ1) is 10.5. The topological polar surface area (TPSA) is 72.9 Å². The van der Waals surface area contributed by atoms with Crippen molar-refractivity contribution in [3.8, 4) is 0 Å². The van der Waals surface area contributed by atoms with E-state index in [0.29, 0.717) is 6.54 Å². The first kappa shape index (κ1) is 16.5. The molecule has 0 aliphatic carbocycles. The molecule has 1 heterocycles. The summed E-state index contributed by atoms with van der Waals surface area (Å²) in [6.07, 6.45) is 1.77. The number of fused-ring (bicyclic) bond motifs is 1. The third-order valence-corrected chi connectivity index (χ3v) is 4.26. The van der Waals surface area contributed by atoms with Gasteiger partial charge in [0.05, 0.1) is 17.1 Å². The molecule has 0 fully saturated rings. The number of aromatic nitrogens is 2. The maximum Gasteiger partial charge on any atom is 0.237 e. The Labute approximate surface area is 131 Å². The molecule has 1 aromatic carbocycles. The molecule has 2 unspecified atom stereocenters. The minimum atomic E-state index is -0.416. The van der Waals surface area contributed by atoms with E-state index in [2.05, 4.69) is 20.9 Å². The number of carbonyl (C=O) groups is 1. The Morgan fingerprint density at radius 2 is 2.14 bits per heavy atom. The highest BCUT2D eigenvalue weighted by Crippen LogP contribution is 2.15. The lowest BCUT2D eigenvalue weighted by molar-refractivity contribution is -0.123. The van der Waals surface area contributed by atoms with Crippen LogP contribution in [-0.2, 0) is 11.3 Å². The van der Waals surface area contributed by atoms with Crippen molar-refractivity contribution in [3.63, 3.8) is 0 Å². The lowest BCUT2D eigenvalue weighted by Crippen LogP contribution is -2.44. The van der Waals surface area contributed by atoms with Gasteiger partial charge < -0.3 is 15.6 Å². The molecule has 5 heteroatoms. The molecule has 0 aliphatic rings. The number of nitrogens with two attached hydrogens (primary N) is 1. The average molecular weight is 302 g/mol. The van der Waals surface area contributed by atoms with Gasteiger partial charge in [-0.2, -0.15) is 0 Å². The van der Waals surface area contributed by atoms with Crippen LogP contribution in [0.1, 0.15) is 32.5 Å². The zero-order chi connectivity index (χ0) is 16.1. The van der Waals surface area contributed by atoms with Crippen LogP contribution in [0.5, 0.6) is 0 Å². The molecule has 120 valence electrons. The zero-order valence-corrected chi connectivity index (χ0v) is 13.7. The van der Waals surface area contributed by atoms with Gasteiger partial charge in [0.2, 0.25) is 5.91 Å². The van der Waals surface area contributed by atoms with Crippen molar-refractivity contribution in [3.05, 3.63) is 30.1 Å². The van der Waals surface area contributed by atoms with Gasteiger partial charge >= 0.3 is 0 Å². The number of hydrogen-bond donors (Lipinski definition) is 2. The summed E-state index contributed by atoms with van der Waals surface area (Å²) in [7, 11) is 0. The highest BCUT2D eigenvalue weighted by Gasteiger charge is 2.18. The number of rotatable bonds is 7. The van der Waals surface area contributed by atoms with E-state index in [-0.39, 0.29) is 11.8 Å². The summed E-state index contributed by atoms with van der Waals surface area (Å²) in [6.45, 7) is 7.54. The molecular weight excluding hydrogens is 276 g/mol. The van der Waals surface area contributed by atoms with Crippen molar-refractivity contribution in [2.75, 3.05) is 6.54 Å². The van der Waals surface area contributed by atoms with Gasteiger partial charge in [0.15, 0.2) is 0 Å². The molecule has 22 heavy (non-hydrogen) atoms. The van der Waals surface area contributed by atoms with E-state index in [4.69, 9.17) is 5.73 Å². The van der Waals surface area contributed by atoms with Crippen LogP contribution >= 0.6 is 0 Å². The molecule has 0 saturated carbocycles. The van der Waals surface area contributed by atoms with Crippen LogP contribution in [0, 0.1) is 12.8 Å². The zero-order valence-electron chi connectivity index (χ0n) is 13.7. The van der Waals surface area contributed by atoms with Gasteiger partial charge in [0.1, 0.15) is 5.82 Å². The van der Waals surface area contributed by atoms with Gasteiger partial charge in [0, 0.05) is 13.1 Å². The summed E-state index contributed by atoms with van der Waals surface area (Å²) >= 11 is 0. The van der Waals surface area contributed by atoms with Crippen molar-refractivity contribution >= 4 is 16.9 Å². The standard InChI is InChI=1S/C17H26N4O/c1-4-12(2)16(18)17(22)19-10-7-11-21-13(3)20-14-8-5-6-9-15(14)21/h5-6,8-9,12,16H,4,7,10-11,18H2,1-3H3,(H,19,22). The minimum Gasteiger partial charge on any atom is -0.355 e. The molecular formula is C17H26N4O. The lowest BCUT2D eigenvalue weighted by Gasteiger charge is -2.17. The predicted molar refractivity (Wildman–Crippen MR) is 89.5 cm³/mol. The molecule has 3 N–H and O–H groups in total. The van der Waals surface area contributed by atoms with Crippen molar-refractivity contribution in [1.29, 1.82) is 0 Å². The van der Waals surface area contributed by atoms with Crippen molar-refractivity contribution < 1.29 is 4.79 Å². The second-order valence-electron chi connectivity index (χ2n) is 5.86. The number of para-hydroxylation sites is 2. The monoisotopic (exact) mass is 302 g/mol. The van der Waals surface area contributed by atoms with Gasteiger partial charge in [-0.1, -0.05) is 32.4 Å². The first-order valence-corrected chi connectivity index (χ1v) is 7.99. The van der Waals surface area contributed by atoms with E-state index in [9.17, 15) is 4.79 Å². The van der Waals surface area contributed by atoms with Crippen LogP contribution < -0.4 is 11.1 Å². The van der Waals surface area contributed by atoms with Crippen molar-refractivity contribution in [2.24, 2.45) is 11.7 Å². The van der Waals surface area contributed by atoms with Gasteiger partial charge in [-0.05, 0) is 31.4 Å². The van der Waals surface area contributed by atoms with Gasteiger partial charge in [0.25, 0.3) is 0 Å². The largest absolute Gasteiger partial charge is 0.355 e. The Kier molecular flexibility index (Phi) is 5.55. The number of carbonyl (C=O) groups excluding carboxylic acids is 1. The second kappa shape index (κ2) is 7.40. The summed E-state index contributed by atoms with van der Waals surface area (Å²) < 4.78 is 2.19. The Balaban J connectivity index is 1.86. The minimum absolute atomic E-state index is 0.0541. The van der Waals surface area contributed by atoms with Crippen LogP contribution in [-0.4, -0.2) is 28.0 Å². The molecule has 0 saturated heterocycles. The summed E-state index contributed by atoms with van der Waals surface area (Å²) in [4.78, 5) is 16.5. The molecule has 0 radical (unpaired) electrons. The number of hydrogen-bond acceptors (Lipinski definition) is 3. The molecule has 0 aliphatic heterocycles. The quantitative estimate of drug-likeness (QED) is 0.770. The Hall–Kier alpha value is -1.88. The highest BCUT2D eigenvalue weighted by atomic mass is 16.2. The highest BCUT2D eigenvalue weighted by molar-refractivity contribution is 5.81. The number of amides is 1. The molecule has 0 bridgehead atoms. The number of benzene rings is 1. The number of imidazole rings is 1. The first-order valence-electron chi connectivity index (χ1n) is 7.99. The molecule has 2 rings (SSSR count). The van der Waals surface area contributed by atoms with E-state index in [0.717, 1.165) is 36.2 Å². The van der Waals surface area contributed by atoms with Crippen LogP contribution in [0.15, 0.2) is 24.3 Å². The summed E-state index contributed by atoms with van der Waals surface area (Å²) in [5.74, 6) is 1.16. The predicted octanol–water partition coefficient (Wildman–Crippen LogP) is 2.22. The summed E-state index contributed by atoms with van der Waals surface area (Å²) in [6, 6.07) is 7.70.